The van der Waals surface area contributed by atoms with Gasteiger partial charge in [-0.1, -0.05) is 48.5 Å². The Kier molecular flexibility index (Phi) is 7.79. The summed E-state index contributed by atoms with van der Waals surface area (Å²) >= 11 is 0. The van der Waals surface area contributed by atoms with Crippen LogP contribution in [0.1, 0.15) is 97.0 Å². The Morgan fingerprint density at radius 1 is 0.556 bits per heavy atom. The third-order valence-corrected chi connectivity index (χ3v) is 10.6. The molecule has 0 N–H and O–H groups in total. The predicted molar refractivity (Wildman–Crippen MR) is 173 cm³/mol. The number of anilines is 1. The van der Waals surface area contributed by atoms with Crippen molar-refractivity contribution in [3.8, 4) is 0 Å². The molecule has 2 atom stereocenters. The van der Waals surface area contributed by atoms with Crippen LogP contribution in [0.3, 0.4) is 0 Å². The summed E-state index contributed by atoms with van der Waals surface area (Å²) < 4.78 is 65.3. The Balaban J connectivity index is 1.29. The number of rotatable bonds is 5. The van der Waals surface area contributed by atoms with Crippen molar-refractivity contribution in [2.45, 2.75) is 109 Å². The minimum absolute atomic E-state index is 0.0261. The highest BCUT2D eigenvalue weighted by Crippen LogP contribution is 2.47. The molecule has 0 aliphatic carbocycles. The van der Waals surface area contributed by atoms with Gasteiger partial charge in [0.25, 0.3) is 0 Å². The molecule has 0 aromatic heterocycles. The third-order valence-electron chi connectivity index (χ3n) is 10.6. The summed E-state index contributed by atoms with van der Waals surface area (Å²) in [5.41, 5.74) is 2.39. The number of halogens is 3. The molecule has 5 nitrogen and oxygen atoms in total. The van der Waals surface area contributed by atoms with Crippen LogP contribution >= 0.6 is 0 Å². The number of benzene rings is 3. The van der Waals surface area contributed by atoms with Crippen LogP contribution in [-0.4, -0.2) is 36.6 Å². The second-order valence-electron chi connectivity index (χ2n) is 14.6. The van der Waals surface area contributed by atoms with Gasteiger partial charge < -0.3 is 23.5 Å². The molecule has 0 unspecified atom stereocenters. The lowest BCUT2D eigenvalue weighted by atomic mass is 9.78. The van der Waals surface area contributed by atoms with Crippen LogP contribution in [0.5, 0.6) is 0 Å². The molecule has 6 rings (SSSR count). The van der Waals surface area contributed by atoms with E-state index in [0.717, 1.165) is 40.6 Å². The molecule has 238 valence electrons. The van der Waals surface area contributed by atoms with Gasteiger partial charge in [0, 0.05) is 5.69 Å². The summed E-state index contributed by atoms with van der Waals surface area (Å²) in [5.74, 6) is 0. The molecule has 3 aromatic rings. The molecule has 45 heavy (non-hydrogen) atoms. The zero-order valence-corrected chi connectivity index (χ0v) is 27.4. The summed E-state index contributed by atoms with van der Waals surface area (Å²) in [6, 6.07) is 22.0. The van der Waals surface area contributed by atoms with E-state index in [4.69, 9.17) is 18.6 Å². The highest BCUT2D eigenvalue weighted by Gasteiger charge is 2.53. The largest absolute Gasteiger partial charge is 0.494 e. The molecule has 0 amide bonds. The molecule has 3 heterocycles. The van der Waals surface area contributed by atoms with Crippen molar-refractivity contribution in [3.05, 3.63) is 89.5 Å². The summed E-state index contributed by atoms with van der Waals surface area (Å²) in [7, 11) is -0.928. The highest BCUT2D eigenvalue weighted by molar-refractivity contribution is 6.62. The van der Waals surface area contributed by atoms with Crippen LogP contribution in [0.15, 0.2) is 72.8 Å². The quantitative estimate of drug-likeness (QED) is 0.279. The van der Waals surface area contributed by atoms with Crippen LogP contribution in [0.25, 0.3) is 0 Å². The van der Waals surface area contributed by atoms with Gasteiger partial charge in [0.2, 0.25) is 0 Å². The monoisotopic (exact) mass is 619 g/mol. The normalized spacial score (nSPS) is 25.3. The van der Waals surface area contributed by atoms with Gasteiger partial charge in [-0.15, -0.1) is 0 Å². The minimum atomic E-state index is -4.39. The highest BCUT2D eigenvalue weighted by atomic mass is 19.4. The molecule has 3 aromatic carbocycles. The first-order valence-electron chi connectivity index (χ1n) is 15.8. The van der Waals surface area contributed by atoms with Gasteiger partial charge in [-0.25, -0.2) is 0 Å². The van der Waals surface area contributed by atoms with E-state index < -0.39 is 48.4 Å². The zero-order chi connectivity index (χ0) is 32.6. The summed E-state index contributed by atoms with van der Waals surface area (Å²) in [6.07, 6.45) is -2.70. The van der Waals surface area contributed by atoms with Crippen LogP contribution < -0.4 is 15.8 Å². The smallest absolute Gasteiger partial charge is 0.399 e. The van der Waals surface area contributed by atoms with Gasteiger partial charge in [-0.2, -0.15) is 13.2 Å². The molecule has 3 aliphatic rings. The number of hydrogen-bond acceptors (Lipinski definition) is 5. The maximum Gasteiger partial charge on any atom is 0.494 e. The van der Waals surface area contributed by atoms with Crippen molar-refractivity contribution in [2.75, 3.05) is 4.90 Å². The predicted octanol–water partition coefficient (Wildman–Crippen LogP) is 7.39. The first-order valence-corrected chi connectivity index (χ1v) is 15.8. The number of nitrogens with zero attached hydrogens (tertiary/aromatic N) is 1. The van der Waals surface area contributed by atoms with Crippen molar-refractivity contribution in [3.63, 3.8) is 0 Å². The zero-order valence-electron chi connectivity index (χ0n) is 27.4. The molecule has 3 fully saturated rings. The molecule has 0 radical (unpaired) electrons. The van der Waals surface area contributed by atoms with Gasteiger partial charge in [-0.05, 0) is 115 Å². The molecule has 10 heteroatoms. The van der Waals surface area contributed by atoms with Crippen LogP contribution in [0, 0.1) is 0 Å². The van der Waals surface area contributed by atoms with E-state index in [1.165, 1.54) is 12.1 Å². The van der Waals surface area contributed by atoms with E-state index in [1.807, 2.05) is 79.7 Å². The van der Waals surface area contributed by atoms with Gasteiger partial charge >= 0.3 is 20.4 Å². The Labute approximate surface area is 265 Å². The number of hydrogen-bond donors (Lipinski definition) is 0. The fraction of sp³-hybridized carbons (Fsp3) is 0.486. The number of alkyl halides is 3. The van der Waals surface area contributed by atoms with E-state index >= 15 is 0 Å². The van der Waals surface area contributed by atoms with E-state index in [2.05, 4.69) is 29.2 Å². The standard InChI is InChI=1S/C35H42B2F3NO4/c1-31(2)32(3,4)43-36(42-31)26-15-9-23(10-16-26)29-21-22-30(41(29)28-19-13-25(14-20-28)35(38,39)40)24-11-17-27(18-12-24)37-44-33(5,6)34(7,8)45-37/h9-20,29-30H,21-22H2,1-8H3/t29-,30-/m0/s1. The van der Waals surface area contributed by atoms with Crippen LogP contribution in [-0.2, 0) is 24.8 Å². The van der Waals surface area contributed by atoms with Gasteiger partial charge in [0.15, 0.2) is 0 Å². The molecule has 3 saturated heterocycles. The second kappa shape index (κ2) is 10.9. The van der Waals surface area contributed by atoms with Crippen molar-refractivity contribution in [1.82, 2.24) is 0 Å². The average molecular weight is 619 g/mol. The van der Waals surface area contributed by atoms with Crippen molar-refractivity contribution in [1.29, 1.82) is 0 Å². The maximum absolute atomic E-state index is 13.4. The van der Waals surface area contributed by atoms with Crippen LogP contribution in [0.2, 0.25) is 0 Å². The molecule has 0 saturated carbocycles. The van der Waals surface area contributed by atoms with Crippen LogP contribution in [0.4, 0.5) is 18.9 Å². The SMILES string of the molecule is CC1(C)OB(c2ccc([C@@H]3CC[C@@H](c4ccc(B5OC(C)(C)C(C)(C)O5)cc4)N3c3ccc(C(F)(F)F)cc3)cc2)OC1(C)C. The summed E-state index contributed by atoms with van der Waals surface area (Å²) in [5, 5.41) is 0. The van der Waals surface area contributed by atoms with Crippen molar-refractivity contribution >= 4 is 30.8 Å². The fourth-order valence-corrected chi connectivity index (χ4v) is 6.36. The van der Waals surface area contributed by atoms with Gasteiger partial charge in [0.05, 0.1) is 40.1 Å². The molecular weight excluding hydrogens is 577 g/mol. The fourth-order valence-electron chi connectivity index (χ4n) is 6.36. The van der Waals surface area contributed by atoms with Crippen molar-refractivity contribution in [2.24, 2.45) is 0 Å². The lowest BCUT2D eigenvalue weighted by molar-refractivity contribution is -0.137. The van der Waals surface area contributed by atoms with E-state index in [1.54, 1.807) is 12.1 Å². The van der Waals surface area contributed by atoms with E-state index in [9.17, 15) is 13.2 Å². The van der Waals surface area contributed by atoms with Gasteiger partial charge in [0.1, 0.15) is 0 Å². The molecule has 0 bridgehead atoms. The van der Waals surface area contributed by atoms with Gasteiger partial charge in [-0.3, -0.25) is 0 Å². The summed E-state index contributed by atoms with van der Waals surface area (Å²) in [6.45, 7) is 16.3. The first-order chi connectivity index (χ1) is 20.9. The average Bonchev–Trinajstić information content (AvgIpc) is 3.56. The minimum Gasteiger partial charge on any atom is -0.399 e. The second-order valence-corrected chi connectivity index (χ2v) is 14.6. The maximum atomic E-state index is 13.4. The Hall–Kier alpha value is -2.78. The van der Waals surface area contributed by atoms with E-state index in [-0.39, 0.29) is 12.1 Å². The Morgan fingerprint density at radius 2 is 0.889 bits per heavy atom. The lowest BCUT2D eigenvalue weighted by Crippen LogP contribution is -2.41. The molecule has 3 aliphatic heterocycles. The first kappa shape index (κ1) is 32.2. The van der Waals surface area contributed by atoms with Crippen molar-refractivity contribution < 1.29 is 31.8 Å². The Bertz CT molecular complexity index is 1400. The molecular formula is C35H42B2F3NO4. The van der Waals surface area contributed by atoms with E-state index in [0.29, 0.717) is 0 Å². The summed E-state index contributed by atoms with van der Waals surface area (Å²) in [4.78, 5) is 2.26. The Morgan fingerprint density at radius 3 is 1.20 bits per heavy atom. The third kappa shape index (κ3) is 5.84. The lowest BCUT2D eigenvalue weighted by Gasteiger charge is -2.33. The topological polar surface area (TPSA) is 40.2 Å². The molecule has 0 spiro atoms.